The molecule has 0 aliphatic heterocycles. The van der Waals surface area contributed by atoms with Crippen LogP contribution in [0.2, 0.25) is 0 Å². The number of furan rings is 1. The standard InChI is InChI=1S/C14H13F3N2O2/c1-2-12-9(5-6-21-12)13(20)19-8-3-4-11(18)10(7-8)14(15,16)17/h3-7H,2,18H2,1H3,(H,19,20). The Morgan fingerprint density at radius 1 is 1.33 bits per heavy atom. The molecule has 0 atom stereocenters. The van der Waals surface area contributed by atoms with Gasteiger partial charge in [0, 0.05) is 17.8 Å². The molecule has 0 bridgehead atoms. The average Bonchev–Trinajstić information content (AvgIpc) is 2.88. The minimum absolute atomic E-state index is 0.0183. The van der Waals surface area contributed by atoms with Gasteiger partial charge in [0.25, 0.3) is 5.91 Å². The number of amides is 1. The van der Waals surface area contributed by atoms with E-state index in [1.54, 1.807) is 6.92 Å². The lowest BCUT2D eigenvalue weighted by molar-refractivity contribution is -0.136. The topological polar surface area (TPSA) is 68.3 Å². The van der Waals surface area contributed by atoms with Crippen molar-refractivity contribution >= 4 is 17.3 Å². The van der Waals surface area contributed by atoms with E-state index in [-0.39, 0.29) is 5.69 Å². The second-order valence-corrected chi connectivity index (χ2v) is 4.36. The molecule has 2 rings (SSSR count). The fourth-order valence-corrected chi connectivity index (χ4v) is 1.89. The van der Waals surface area contributed by atoms with E-state index in [0.717, 1.165) is 12.1 Å². The van der Waals surface area contributed by atoms with Crippen LogP contribution in [0.1, 0.15) is 28.6 Å². The van der Waals surface area contributed by atoms with E-state index < -0.39 is 23.3 Å². The summed E-state index contributed by atoms with van der Waals surface area (Å²) < 4.78 is 43.4. The van der Waals surface area contributed by atoms with Gasteiger partial charge in [-0.3, -0.25) is 4.79 Å². The van der Waals surface area contributed by atoms with Crippen LogP contribution in [0.3, 0.4) is 0 Å². The van der Waals surface area contributed by atoms with Crippen molar-refractivity contribution in [2.75, 3.05) is 11.1 Å². The zero-order chi connectivity index (χ0) is 15.6. The smallest absolute Gasteiger partial charge is 0.418 e. The van der Waals surface area contributed by atoms with Gasteiger partial charge in [-0.25, -0.2) is 0 Å². The molecule has 0 saturated carbocycles. The fourth-order valence-electron chi connectivity index (χ4n) is 1.89. The van der Waals surface area contributed by atoms with Gasteiger partial charge in [0.2, 0.25) is 0 Å². The van der Waals surface area contributed by atoms with Crippen molar-refractivity contribution in [3.05, 3.63) is 47.4 Å². The summed E-state index contributed by atoms with van der Waals surface area (Å²) in [6.45, 7) is 1.81. The van der Waals surface area contributed by atoms with E-state index in [0.29, 0.717) is 17.7 Å². The molecule has 2 aromatic rings. The van der Waals surface area contributed by atoms with Crippen LogP contribution in [-0.2, 0) is 12.6 Å². The molecule has 1 aromatic carbocycles. The molecule has 0 aliphatic rings. The third-order valence-electron chi connectivity index (χ3n) is 2.93. The van der Waals surface area contributed by atoms with Gasteiger partial charge < -0.3 is 15.5 Å². The Morgan fingerprint density at radius 3 is 2.67 bits per heavy atom. The molecule has 4 nitrogen and oxygen atoms in total. The van der Waals surface area contributed by atoms with E-state index >= 15 is 0 Å². The molecule has 0 fully saturated rings. The normalized spacial score (nSPS) is 11.4. The molecular formula is C14H13F3N2O2. The third kappa shape index (κ3) is 3.18. The number of nitrogens with one attached hydrogen (secondary N) is 1. The van der Waals surface area contributed by atoms with E-state index in [1.807, 2.05) is 0 Å². The van der Waals surface area contributed by atoms with Crippen LogP contribution >= 0.6 is 0 Å². The Bertz CT molecular complexity index is 662. The summed E-state index contributed by atoms with van der Waals surface area (Å²) in [5, 5.41) is 2.40. The van der Waals surface area contributed by atoms with Crippen LogP contribution in [0.15, 0.2) is 34.9 Å². The van der Waals surface area contributed by atoms with Crippen molar-refractivity contribution in [2.45, 2.75) is 19.5 Å². The number of rotatable bonds is 3. The van der Waals surface area contributed by atoms with Crippen molar-refractivity contribution in [1.82, 2.24) is 0 Å². The van der Waals surface area contributed by atoms with E-state index in [2.05, 4.69) is 5.32 Å². The highest BCUT2D eigenvalue weighted by atomic mass is 19.4. The number of hydrogen-bond acceptors (Lipinski definition) is 3. The number of benzene rings is 1. The van der Waals surface area contributed by atoms with Gasteiger partial charge >= 0.3 is 6.18 Å². The van der Waals surface area contributed by atoms with Gasteiger partial charge in [-0.1, -0.05) is 6.92 Å². The maximum Gasteiger partial charge on any atom is 0.418 e. The first-order valence-electron chi connectivity index (χ1n) is 6.17. The molecular weight excluding hydrogens is 285 g/mol. The Kier molecular flexibility index (Phi) is 3.93. The number of carbonyl (C=O) groups is 1. The van der Waals surface area contributed by atoms with Gasteiger partial charge in [-0.2, -0.15) is 13.2 Å². The van der Waals surface area contributed by atoms with Gasteiger partial charge in [0.1, 0.15) is 5.76 Å². The van der Waals surface area contributed by atoms with Gasteiger partial charge in [0.05, 0.1) is 17.4 Å². The highest BCUT2D eigenvalue weighted by molar-refractivity contribution is 6.05. The molecule has 0 radical (unpaired) electrons. The largest absolute Gasteiger partial charge is 0.469 e. The molecule has 112 valence electrons. The monoisotopic (exact) mass is 298 g/mol. The van der Waals surface area contributed by atoms with Gasteiger partial charge in [-0.15, -0.1) is 0 Å². The molecule has 21 heavy (non-hydrogen) atoms. The average molecular weight is 298 g/mol. The van der Waals surface area contributed by atoms with Crippen LogP contribution in [0.25, 0.3) is 0 Å². The lowest BCUT2D eigenvalue weighted by atomic mass is 10.1. The Balaban J connectivity index is 2.26. The minimum atomic E-state index is -4.57. The summed E-state index contributed by atoms with van der Waals surface area (Å²) in [6.07, 6.45) is -2.71. The molecule has 1 amide bonds. The zero-order valence-electron chi connectivity index (χ0n) is 11.1. The van der Waals surface area contributed by atoms with Gasteiger partial charge in [0.15, 0.2) is 0 Å². The number of halogens is 3. The summed E-state index contributed by atoms with van der Waals surface area (Å²) in [4.78, 5) is 12.0. The quantitative estimate of drug-likeness (QED) is 0.849. The molecule has 0 unspecified atom stereocenters. The van der Waals surface area contributed by atoms with E-state index in [4.69, 9.17) is 10.2 Å². The van der Waals surface area contributed by atoms with Crippen LogP contribution in [0.5, 0.6) is 0 Å². The number of aryl methyl sites for hydroxylation is 1. The first-order valence-corrected chi connectivity index (χ1v) is 6.17. The summed E-state index contributed by atoms with van der Waals surface area (Å²) in [5.41, 5.74) is 4.24. The van der Waals surface area contributed by atoms with Crippen LogP contribution in [0.4, 0.5) is 24.5 Å². The van der Waals surface area contributed by atoms with Crippen molar-refractivity contribution in [3.8, 4) is 0 Å². The van der Waals surface area contributed by atoms with Crippen LogP contribution in [-0.4, -0.2) is 5.91 Å². The minimum Gasteiger partial charge on any atom is -0.469 e. The number of nitrogen functional groups attached to an aromatic ring is 1. The van der Waals surface area contributed by atoms with Crippen LogP contribution < -0.4 is 11.1 Å². The third-order valence-corrected chi connectivity index (χ3v) is 2.93. The molecule has 0 aliphatic carbocycles. The van der Waals surface area contributed by atoms with Crippen molar-refractivity contribution in [3.63, 3.8) is 0 Å². The number of anilines is 2. The predicted octanol–water partition coefficient (Wildman–Crippen LogP) is 3.70. The number of hydrogen-bond donors (Lipinski definition) is 2. The number of alkyl halides is 3. The molecule has 7 heteroatoms. The fraction of sp³-hybridized carbons (Fsp3) is 0.214. The summed E-state index contributed by atoms with van der Waals surface area (Å²) >= 11 is 0. The first-order chi connectivity index (χ1) is 9.82. The number of carbonyl (C=O) groups excluding carboxylic acids is 1. The lowest BCUT2D eigenvalue weighted by Crippen LogP contribution is -2.15. The Labute approximate surface area is 118 Å². The number of nitrogens with two attached hydrogens (primary N) is 1. The summed E-state index contributed by atoms with van der Waals surface area (Å²) in [5.74, 6) is -0.0579. The maximum atomic E-state index is 12.8. The summed E-state index contributed by atoms with van der Waals surface area (Å²) in [6, 6.07) is 4.69. The van der Waals surface area contributed by atoms with E-state index in [9.17, 15) is 18.0 Å². The molecule has 1 heterocycles. The van der Waals surface area contributed by atoms with Crippen molar-refractivity contribution in [2.24, 2.45) is 0 Å². The summed E-state index contributed by atoms with van der Waals surface area (Å²) in [7, 11) is 0. The van der Waals surface area contributed by atoms with Crippen molar-refractivity contribution in [1.29, 1.82) is 0 Å². The second-order valence-electron chi connectivity index (χ2n) is 4.36. The molecule has 3 N–H and O–H groups in total. The lowest BCUT2D eigenvalue weighted by Gasteiger charge is -2.12. The SMILES string of the molecule is CCc1occc1C(=O)Nc1ccc(N)c(C(F)(F)F)c1. The highest BCUT2D eigenvalue weighted by Gasteiger charge is 2.33. The first kappa shape index (κ1) is 15.0. The molecule has 1 aromatic heterocycles. The van der Waals surface area contributed by atoms with Gasteiger partial charge in [-0.05, 0) is 24.3 Å². The van der Waals surface area contributed by atoms with Crippen molar-refractivity contribution < 1.29 is 22.4 Å². The van der Waals surface area contributed by atoms with Crippen LogP contribution in [0, 0.1) is 0 Å². The zero-order valence-corrected chi connectivity index (χ0v) is 11.1. The Morgan fingerprint density at radius 2 is 2.05 bits per heavy atom. The highest BCUT2D eigenvalue weighted by Crippen LogP contribution is 2.35. The second kappa shape index (κ2) is 5.51. The molecule has 0 spiro atoms. The Hall–Kier alpha value is -2.44. The van der Waals surface area contributed by atoms with E-state index in [1.165, 1.54) is 18.4 Å². The molecule has 0 saturated heterocycles. The predicted molar refractivity (Wildman–Crippen MR) is 71.9 cm³/mol. The maximum absolute atomic E-state index is 12.8.